The van der Waals surface area contributed by atoms with Crippen molar-refractivity contribution in [3.63, 3.8) is 0 Å². The molecule has 26 heavy (non-hydrogen) atoms. The first-order chi connectivity index (χ1) is 12.7. The first-order valence-corrected chi connectivity index (χ1v) is 9.23. The Morgan fingerprint density at radius 2 is 2.08 bits per heavy atom. The van der Waals surface area contributed by atoms with Gasteiger partial charge in [-0.05, 0) is 44.5 Å². The van der Waals surface area contributed by atoms with Crippen LogP contribution in [-0.2, 0) is 13.0 Å². The highest BCUT2D eigenvalue weighted by molar-refractivity contribution is 5.53. The molecule has 1 aromatic carbocycles. The molecule has 2 aliphatic rings. The van der Waals surface area contributed by atoms with Crippen LogP contribution in [-0.4, -0.2) is 43.8 Å². The Bertz CT molecular complexity index is 809. The lowest BCUT2D eigenvalue weighted by atomic mass is 9.97. The van der Waals surface area contributed by atoms with Crippen LogP contribution in [0.3, 0.4) is 0 Å². The van der Waals surface area contributed by atoms with Gasteiger partial charge in [-0.15, -0.1) is 0 Å². The number of aromatic nitrogens is 2. The lowest BCUT2D eigenvalue weighted by Gasteiger charge is -2.26. The van der Waals surface area contributed by atoms with Crippen LogP contribution in [0.2, 0.25) is 0 Å². The number of fused-ring (bicyclic) bond motifs is 1. The number of nitrogens with one attached hydrogen (secondary N) is 1. The van der Waals surface area contributed by atoms with Crippen LogP contribution in [0.25, 0.3) is 0 Å². The number of hydrogen-bond acceptors (Lipinski definition) is 6. The van der Waals surface area contributed by atoms with Gasteiger partial charge in [-0.3, -0.25) is 0 Å². The molecule has 138 valence electrons. The van der Waals surface area contributed by atoms with E-state index in [0.717, 1.165) is 67.9 Å². The Balaban J connectivity index is 1.63. The lowest BCUT2D eigenvalue weighted by molar-refractivity contribution is 0.396. The molecule has 1 aromatic heterocycles. The largest absolute Gasteiger partial charge is 0.497 e. The van der Waals surface area contributed by atoms with Gasteiger partial charge in [-0.1, -0.05) is 0 Å². The molecule has 0 aliphatic carbocycles. The Labute approximate surface area is 154 Å². The molecule has 6 heteroatoms. The minimum absolute atomic E-state index is 0.410. The van der Waals surface area contributed by atoms with Gasteiger partial charge < -0.3 is 19.7 Å². The molecule has 1 fully saturated rings. The zero-order chi connectivity index (χ0) is 18.1. The van der Waals surface area contributed by atoms with Gasteiger partial charge in [0.25, 0.3) is 0 Å². The quantitative estimate of drug-likeness (QED) is 0.910. The molecule has 0 bridgehead atoms. The molecule has 0 spiro atoms. The number of ether oxygens (including phenoxy) is 2. The van der Waals surface area contributed by atoms with Gasteiger partial charge in [0.05, 0.1) is 19.9 Å². The van der Waals surface area contributed by atoms with Crippen molar-refractivity contribution >= 4 is 5.82 Å². The molecule has 6 nitrogen and oxygen atoms in total. The molecule has 1 atom stereocenters. The molecule has 1 saturated heterocycles. The van der Waals surface area contributed by atoms with E-state index in [1.807, 2.05) is 19.1 Å². The minimum Gasteiger partial charge on any atom is -0.497 e. The van der Waals surface area contributed by atoms with Gasteiger partial charge in [-0.25, -0.2) is 9.97 Å². The van der Waals surface area contributed by atoms with Crippen LogP contribution >= 0.6 is 0 Å². The van der Waals surface area contributed by atoms with E-state index in [1.165, 1.54) is 11.1 Å². The summed E-state index contributed by atoms with van der Waals surface area (Å²) in [5.41, 5.74) is 3.68. The highest BCUT2D eigenvalue weighted by atomic mass is 16.5. The van der Waals surface area contributed by atoms with Crippen molar-refractivity contribution in [2.24, 2.45) is 0 Å². The van der Waals surface area contributed by atoms with E-state index in [-0.39, 0.29) is 0 Å². The molecule has 4 rings (SSSR count). The van der Waals surface area contributed by atoms with E-state index in [1.54, 1.807) is 14.2 Å². The second-order valence-electron chi connectivity index (χ2n) is 6.99. The third-order valence-electron chi connectivity index (χ3n) is 5.39. The number of aryl methyl sites for hydroxylation is 1. The average Bonchev–Trinajstić information content (AvgIpc) is 3.16. The SMILES string of the molecule is COc1ccc(OC)c(C2CCN(c3nc(C)nc4c3CCNC4)C2)c1. The number of benzene rings is 1. The Hall–Kier alpha value is -2.34. The van der Waals surface area contributed by atoms with Crippen molar-refractivity contribution in [3.8, 4) is 11.5 Å². The maximum atomic E-state index is 5.60. The third kappa shape index (κ3) is 3.09. The van der Waals surface area contributed by atoms with Gasteiger partial charge in [0.2, 0.25) is 0 Å². The Morgan fingerprint density at radius 1 is 1.19 bits per heavy atom. The fraction of sp³-hybridized carbons (Fsp3) is 0.500. The first-order valence-electron chi connectivity index (χ1n) is 9.23. The molecule has 0 amide bonds. The van der Waals surface area contributed by atoms with Gasteiger partial charge in [0.1, 0.15) is 23.1 Å². The summed E-state index contributed by atoms with van der Waals surface area (Å²) < 4.78 is 11.0. The number of hydrogen-bond donors (Lipinski definition) is 1. The van der Waals surface area contributed by atoms with Crippen molar-refractivity contribution in [2.45, 2.75) is 32.2 Å². The summed E-state index contributed by atoms with van der Waals surface area (Å²) in [6.45, 7) is 5.76. The first kappa shape index (κ1) is 17.1. The van der Waals surface area contributed by atoms with E-state index < -0.39 is 0 Å². The summed E-state index contributed by atoms with van der Waals surface area (Å²) in [7, 11) is 3.44. The van der Waals surface area contributed by atoms with Crippen LogP contribution in [0.15, 0.2) is 18.2 Å². The van der Waals surface area contributed by atoms with E-state index >= 15 is 0 Å². The number of rotatable bonds is 4. The highest BCUT2D eigenvalue weighted by Crippen LogP contribution is 2.38. The van der Waals surface area contributed by atoms with Gasteiger partial charge in [0.15, 0.2) is 0 Å². The highest BCUT2D eigenvalue weighted by Gasteiger charge is 2.30. The van der Waals surface area contributed by atoms with Gasteiger partial charge >= 0.3 is 0 Å². The maximum Gasteiger partial charge on any atom is 0.135 e. The van der Waals surface area contributed by atoms with E-state index in [9.17, 15) is 0 Å². The Kier molecular flexibility index (Phi) is 4.68. The van der Waals surface area contributed by atoms with E-state index in [0.29, 0.717) is 5.92 Å². The number of methoxy groups -OCH3 is 2. The standard InChI is InChI=1S/C20H26N4O2/c1-13-22-18-11-21-8-6-16(18)20(23-13)24-9-7-14(12-24)17-10-15(25-2)4-5-19(17)26-3/h4-5,10,14,21H,6-9,11-12H2,1-3H3. The topological polar surface area (TPSA) is 59.5 Å². The average molecular weight is 354 g/mol. The van der Waals surface area contributed by atoms with Crippen molar-refractivity contribution in [1.29, 1.82) is 0 Å². The van der Waals surface area contributed by atoms with Crippen LogP contribution < -0.4 is 19.7 Å². The molecule has 3 heterocycles. The van der Waals surface area contributed by atoms with E-state index in [4.69, 9.17) is 14.5 Å². The molecular weight excluding hydrogens is 328 g/mol. The fourth-order valence-electron chi connectivity index (χ4n) is 4.09. The van der Waals surface area contributed by atoms with Crippen LogP contribution in [0, 0.1) is 6.92 Å². The summed E-state index contributed by atoms with van der Waals surface area (Å²) in [4.78, 5) is 11.9. The molecule has 1 N–H and O–H groups in total. The molecular formula is C20H26N4O2. The summed E-state index contributed by atoms with van der Waals surface area (Å²) >= 11 is 0. The predicted octanol–water partition coefficient (Wildman–Crippen LogP) is 2.44. The zero-order valence-corrected chi connectivity index (χ0v) is 15.7. The van der Waals surface area contributed by atoms with Crippen molar-refractivity contribution in [2.75, 3.05) is 38.8 Å². The molecule has 1 unspecified atom stereocenters. The summed E-state index contributed by atoms with van der Waals surface area (Å²) in [6, 6.07) is 6.06. The minimum atomic E-state index is 0.410. The lowest BCUT2D eigenvalue weighted by Crippen LogP contribution is -2.30. The summed E-state index contributed by atoms with van der Waals surface area (Å²) in [5.74, 6) is 4.19. The third-order valence-corrected chi connectivity index (χ3v) is 5.39. The second-order valence-corrected chi connectivity index (χ2v) is 6.99. The number of anilines is 1. The second kappa shape index (κ2) is 7.11. The fourth-order valence-corrected chi connectivity index (χ4v) is 4.09. The van der Waals surface area contributed by atoms with Crippen LogP contribution in [0.4, 0.5) is 5.82 Å². The van der Waals surface area contributed by atoms with Crippen LogP contribution in [0.1, 0.15) is 35.0 Å². The number of nitrogens with zero attached hydrogens (tertiary/aromatic N) is 3. The monoisotopic (exact) mass is 354 g/mol. The van der Waals surface area contributed by atoms with Crippen molar-refractivity contribution in [1.82, 2.24) is 15.3 Å². The smallest absolute Gasteiger partial charge is 0.135 e. The van der Waals surface area contributed by atoms with Gasteiger partial charge in [0, 0.05) is 36.7 Å². The summed E-state index contributed by atoms with van der Waals surface area (Å²) in [5, 5.41) is 3.41. The molecule has 0 saturated carbocycles. The summed E-state index contributed by atoms with van der Waals surface area (Å²) in [6.07, 6.45) is 2.08. The van der Waals surface area contributed by atoms with Crippen molar-refractivity contribution < 1.29 is 9.47 Å². The Morgan fingerprint density at radius 3 is 2.88 bits per heavy atom. The molecule has 2 aliphatic heterocycles. The molecule has 2 aromatic rings. The van der Waals surface area contributed by atoms with Crippen LogP contribution in [0.5, 0.6) is 11.5 Å². The normalized spacial score (nSPS) is 19.3. The van der Waals surface area contributed by atoms with Gasteiger partial charge in [-0.2, -0.15) is 0 Å². The predicted molar refractivity (Wildman–Crippen MR) is 101 cm³/mol. The molecule has 0 radical (unpaired) electrons. The van der Waals surface area contributed by atoms with E-state index in [2.05, 4.69) is 21.3 Å². The zero-order valence-electron chi connectivity index (χ0n) is 15.7. The van der Waals surface area contributed by atoms with Crippen molar-refractivity contribution in [3.05, 3.63) is 40.8 Å². The maximum absolute atomic E-state index is 5.60.